The van der Waals surface area contributed by atoms with Crippen molar-refractivity contribution >= 4 is 17.5 Å². The van der Waals surface area contributed by atoms with Crippen LogP contribution in [0.1, 0.15) is 12.0 Å². The van der Waals surface area contributed by atoms with Gasteiger partial charge in [-0.3, -0.25) is 20.2 Å². The van der Waals surface area contributed by atoms with Crippen molar-refractivity contribution in [1.82, 2.24) is 0 Å². The lowest BCUT2D eigenvalue weighted by Crippen LogP contribution is -2.05. The molecule has 0 amide bonds. The zero-order valence-electron chi connectivity index (χ0n) is 11.2. The summed E-state index contributed by atoms with van der Waals surface area (Å²) in [7, 11) is 0. The van der Waals surface area contributed by atoms with E-state index >= 15 is 0 Å². The number of rotatable bonds is 4. The van der Waals surface area contributed by atoms with Gasteiger partial charge in [0.05, 0.1) is 16.0 Å². The molecule has 0 spiro atoms. The van der Waals surface area contributed by atoms with Gasteiger partial charge in [0.1, 0.15) is 0 Å². The molecule has 7 nitrogen and oxygen atoms in total. The minimum absolute atomic E-state index is 0.129. The molecule has 1 N–H and O–H groups in total. The molecule has 1 aromatic rings. The summed E-state index contributed by atoms with van der Waals surface area (Å²) >= 11 is 0. The van der Waals surface area contributed by atoms with Gasteiger partial charge >= 0.3 is 11.4 Å². The molecule has 0 saturated carbocycles. The largest absolute Gasteiger partial charge is 0.389 e. The highest BCUT2D eigenvalue weighted by Gasteiger charge is 2.26. The Labute approximate surface area is 124 Å². The lowest BCUT2D eigenvalue weighted by Gasteiger charge is -2.09. The van der Waals surface area contributed by atoms with E-state index < -0.39 is 33.1 Å². The van der Waals surface area contributed by atoms with E-state index in [4.69, 9.17) is 0 Å². The van der Waals surface area contributed by atoms with Gasteiger partial charge in [0, 0.05) is 18.6 Å². The highest BCUT2D eigenvalue weighted by atomic mass is 19.1. The summed E-state index contributed by atoms with van der Waals surface area (Å²) in [6.45, 7) is 0. The molecule has 0 bridgehead atoms. The first kappa shape index (κ1) is 15.5. The third-order valence-electron chi connectivity index (χ3n) is 3.03. The quantitative estimate of drug-likeness (QED) is 0.680. The first-order valence-electron chi connectivity index (χ1n) is 6.24. The van der Waals surface area contributed by atoms with E-state index in [9.17, 15) is 29.7 Å². The molecule has 0 radical (unpaired) electrons. The van der Waals surface area contributed by atoms with Crippen LogP contribution in [0.25, 0.3) is 6.08 Å². The number of halogens is 1. The Balaban J connectivity index is 2.39. The molecule has 0 aliphatic heterocycles. The minimum Gasteiger partial charge on any atom is -0.389 e. The normalized spacial score (nSPS) is 17.5. The Morgan fingerprint density at radius 3 is 2.27 bits per heavy atom. The summed E-state index contributed by atoms with van der Waals surface area (Å²) in [5.41, 5.74) is -1.04. The van der Waals surface area contributed by atoms with Crippen LogP contribution < -0.4 is 0 Å². The van der Waals surface area contributed by atoms with E-state index in [-0.39, 0.29) is 5.56 Å². The molecule has 1 unspecified atom stereocenters. The highest BCUT2D eigenvalue weighted by Crippen LogP contribution is 2.29. The summed E-state index contributed by atoms with van der Waals surface area (Å²) in [5, 5.41) is 31.0. The monoisotopic (exact) mass is 306 g/mol. The summed E-state index contributed by atoms with van der Waals surface area (Å²) in [5.74, 6) is -1.47. The van der Waals surface area contributed by atoms with Crippen LogP contribution in [0.2, 0.25) is 0 Å². The lowest BCUT2D eigenvalue weighted by atomic mass is 10.0. The molecule has 1 aliphatic rings. The van der Waals surface area contributed by atoms with Crippen LogP contribution in [0.15, 0.2) is 42.0 Å². The van der Waals surface area contributed by atoms with Gasteiger partial charge in [0.15, 0.2) is 0 Å². The number of nitro benzene ring substituents is 2. The Morgan fingerprint density at radius 1 is 1.18 bits per heavy atom. The molecule has 0 fully saturated rings. The number of nitrogens with zero attached hydrogens (tertiary/aromatic N) is 2. The highest BCUT2D eigenvalue weighted by molar-refractivity contribution is 5.61. The van der Waals surface area contributed by atoms with Gasteiger partial charge in [-0.2, -0.15) is 4.39 Å². The Bertz CT molecular complexity index is 689. The Morgan fingerprint density at radius 2 is 1.77 bits per heavy atom. The van der Waals surface area contributed by atoms with Crippen LogP contribution in [0, 0.1) is 26.0 Å². The fourth-order valence-electron chi connectivity index (χ4n) is 1.99. The summed E-state index contributed by atoms with van der Waals surface area (Å²) in [6, 6.07) is 1.85. The minimum atomic E-state index is -1.47. The predicted octanol–water partition coefficient (Wildman–Crippen LogP) is 2.90. The average Bonchev–Trinajstić information content (AvgIpc) is 2.45. The second kappa shape index (κ2) is 6.27. The molecule has 1 aliphatic carbocycles. The van der Waals surface area contributed by atoms with Crippen molar-refractivity contribution in [3.8, 4) is 0 Å². The summed E-state index contributed by atoms with van der Waals surface area (Å²) in [4.78, 5) is 19.5. The number of hydrogen-bond donors (Lipinski definition) is 1. The van der Waals surface area contributed by atoms with Crippen LogP contribution in [-0.4, -0.2) is 21.1 Å². The topological polar surface area (TPSA) is 107 Å². The molecule has 22 heavy (non-hydrogen) atoms. The first-order valence-corrected chi connectivity index (χ1v) is 6.24. The molecular weight excluding hydrogens is 295 g/mol. The second-order valence-electron chi connectivity index (χ2n) is 4.62. The number of allylic oxidation sites excluding steroid dienone is 3. The number of benzene rings is 1. The maximum absolute atomic E-state index is 13.6. The van der Waals surface area contributed by atoms with E-state index in [2.05, 4.69) is 0 Å². The van der Waals surface area contributed by atoms with Crippen molar-refractivity contribution in [3.63, 3.8) is 0 Å². The summed E-state index contributed by atoms with van der Waals surface area (Å²) in [6.07, 6.45) is 7.69. The second-order valence-corrected chi connectivity index (χ2v) is 4.62. The van der Waals surface area contributed by atoms with Crippen LogP contribution in [-0.2, 0) is 0 Å². The van der Waals surface area contributed by atoms with Gasteiger partial charge in [-0.1, -0.05) is 30.4 Å². The fourth-order valence-corrected chi connectivity index (χ4v) is 1.99. The maximum atomic E-state index is 13.6. The third-order valence-corrected chi connectivity index (χ3v) is 3.03. The van der Waals surface area contributed by atoms with E-state index in [0.29, 0.717) is 6.42 Å². The number of hydrogen-bond acceptors (Lipinski definition) is 5. The Hall–Kier alpha value is -2.87. The van der Waals surface area contributed by atoms with Crippen molar-refractivity contribution < 1.29 is 19.3 Å². The molecular formula is C14H11FN2O5. The average molecular weight is 306 g/mol. The van der Waals surface area contributed by atoms with Crippen molar-refractivity contribution in [2.75, 3.05) is 0 Å². The van der Waals surface area contributed by atoms with Crippen molar-refractivity contribution in [3.05, 3.63) is 73.6 Å². The number of nitro groups is 2. The molecule has 0 saturated heterocycles. The van der Waals surface area contributed by atoms with Gasteiger partial charge in [-0.05, 0) is 11.1 Å². The fraction of sp³-hybridized carbons (Fsp3) is 0.143. The van der Waals surface area contributed by atoms with Crippen LogP contribution in [0.3, 0.4) is 0 Å². The van der Waals surface area contributed by atoms with Crippen molar-refractivity contribution in [2.24, 2.45) is 0 Å². The van der Waals surface area contributed by atoms with Crippen LogP contribution in [0.5, 0.6) is 0 Å². The predicted molar refractivity (Wildman–Crippen MR) is 76.6 cm³/mol. The van der Waals surface area contributed by atoms with Gasteiger partial charge in [0.2, 0.25) is 0 Å². The molecule has 0 aromatic heterocycles. The third kappa shape index (κ3) is 3.41. The van der Waals surface area contributed by atoms with Crippen molar-refractivity contribution in [1.29, 1.82) is 0 Å². The van der Waals surface area contributed by atoms with E-state index in [1.54, 1.807) is 24.3 Å². The molecule has 1 aromatic carbocycles. The number of aliphatic hydroxyl groups excluding tert-OH is 1. The zero-order chi connectivity index (χ0) is 16.3. The summed E-state index contributed by atoms with van der Waals surface area (Å²) < 4.78 is 13.6. The van der Waals surface area contributed by atoms with E-state index in [1.807, 2.05) is 0 Å². The smallest absolute Gasteiger partial charge is 0.312 e. The maximum Gasteiger partial charge on any atom is 0.312 e. The SMILES string of the molecule is O=[N+]([O-])c1cc(/C=C\C2=CC=CC(O)C2)cc([N+](=O)[O-])c1F. The van der Waals surface area contributed by atoms with Crippen molar-refractivity contribution in [2.45, 2.75) is 12.5 Å². The van der Waals surface area contributed by atoms with Crippen LogP contribution in [0.4, 0.5) is 15.8 Å². The number of aliphatic hydroxyl groups is 1. The van der Waals surface area contributed by atoms with Gasteiger partial charge in [-0.15, -0.1) is 0 Å². The molecule has 0 heterocycles. The van der Waals surface area contributed by atoms with Gasteiger partial charge < -0.3 is 5.11 Å². The first-order chi connectivity index (χ1) is 10.4. The molecule has 1 atom stereocenters. The van der Waals surface area contributed by atoms with E-state index in [1.165, 1.54) is 6.08 Å². The molecule has 114 valence electrons. The molecule has 8 heteroatoms. The molecule has 2 rings (SSSR count). The Kier molecular flexibility index (Phi) is 4.42. The zero-order valence-corrected chi connectivity index (χ0v) is 11.2. The van der Waals surface area contributed by atoms with E-state index in [0.717, 1.165) is 17.7 Å². The lowest BCUT2D eigenvalue weighted by molar-refractivity contribution is -0.399. The standard InChI is InChI=1S/C14H11FN2O5/c15-14-12(16(19)20)7-10(8-13(14)17(21)22)5-4-9-2-1-3-11(18)6-9/h1-5,7-8,11,18H,6H2/b5-4-. The van der Waals surface area contributed by atoms with Gasteiger partial charge in [0.25, 0.3) is 5.82 Å². The van der Waals surface area contributed by atoms with Gasteiger partial charge in [-0.25, -0.2) is 0 Å². The van der Waals surface area contributed by atoms with Crippen LogP contribution >= 0.6 is 0 Å².